The van der Waals surface area contributed by atoms with E-state index in [-0.39, 0.29) is 0 Å². The van der Waals surface area contributed by atoms with E-state index in [1.54, 1.807) is 5.82 Å². The third-order valence-electron chi connectivity index (χ3n) is 8.10. The van der Waals surface area contributed by atoms with Gasteiger partial charge in [0.05, 0.1) is 13.1 Å². The molecule has 0 unspecified atom stereocenters. The second-order valence-corrected chi connectivity index (χ2v) is 11.6. The monoisotopic (exact) mass is 504 g/mol. The van der Waals surface area contributed by atoms with E-state index < -0.39 is 0 Å². The summed E-state index contributed by atoms with van der Waals surface area (Å²) in [5.41, 5.74) is 0. The number of aryl methyl sites for hydroxylation is 2. The Bertz CT molecular complexity index is 562. The Morgan fingerprint density at radius 1 is 0.472 bits per heavy atom. The van der Waals surface area contributed by atoms with Crippen molar-refractivity contribution in [1.29, 1.82) is 0 Å². The SMILES string of the molecule is CCCCCCCCCCCCCCCCCC[n+]1ccn(CCCC)c1CCCCCCCCC. The maximum absolute atomic E-state index is 2.59. The van der Waals surface area contributed by atoms with E-state index in [4.69, 9.17) is 0 Å². The highest BCUT2D eigenvalue weighted by molar-refractivity contribution is 4.84. The van der Waals surface area contributed by atoms with Gasteiger partial charge in [0.15, 0.2) is 0 Å². The Hall–Kier alpha value is -0.790. The Kier molecular flexibility index (Phi) is 23.9. The molecule has 0 bridgehead atoms. The first kappa shape index (κ1) is 33.2. The van der Waals surface area contributed by atoms with Crippen LogP contribution in [0.1, 0.15) is 187 Å². The number of hydrogen-bond donors (Lipinski definition) is 0. The van der Waals surface area contributed by atoms with Crippen molar-refractivity contribution < 1.29 is 4.57 Å². The Labute approximate surface area is 228 Å². The van der Waals surface area contributed by atoms with Crippen LogP contribution in [0.15, 0.2) is 12.4 Å². The molecule has 36 heavy (non-hydrogen) atoms. The lowest BCUT2D eigenvalue weighted by Gasteiger charge is -2.06. The van der Waals surface area contributed by atoms with Crippen molar-refractivity contribution in [3.05, 3.63) is 18.2 Å². The molecule has 0 aliphatic carbocycles. The minimum absolute atomic E-state index is 1.20. The lowest BCUT2D eigenvalue weighted by molar-refractivity contribution is -0.704. The summed E-state index contributed by atoms with van der Waals surface area (Å²) in [6.07, 6.45) is 41.6. The van der Waals surface area contributed by atoms with E-state index in [1.165, 1.54) is 180 Å². The zero-order chi connectivity index (χ0) is 25.9. The van der Waals surface area contributed by atoms with Gasteiger partial charge in [0.25, 0.3) is 5.82 Å². The van der Waals surface area contributed by atoms with Crippen molar-refractivity contribution in [3.8, 4) is 0 Å². The standard InChI is InChI=1S/C34H67N2/c1-4-7-10-12-14-15-16-17-18-19-20-21-22-24-26-28-31-36-33-32-35(30-9-6-3)34(36)29-27-25-23-13-11-8-5-2/h32-33H,4-31H2,1-3H3/q+1. The van der Waals surface area contributed by atoms with Gasteiger partial charge >= 0.3 is 0 Å². The summed E-state index contributed by atoms with van der Waals surface area (Å²) in [6.45, 7) is 9.35. The molecular formula is C34H67N2+. The largest absolute Gasteiger partial charge is 0.256 e. The number of unbranched alkanes of at least 4 members (excludes halogenated alkanes) is 22. The van der Waals surface area contributed by atoms with Crippen LogP contribution in [0.2, 0.25) is 0 Å². The van der Waals surface area contributed by atoms with Crippen molar-refractivity contribution in [3.63, 3.8) is 0 Å². The van der Waals surface area contributed by atoms with Crippen LogP contribution in [0.3, 0.4) is 0 Å². The molecule has 0 aliphatic heterocycles. The average Bonchev–Trinajstić information content (AvgIpc) is 3.27. The van der Waals surface area contributed by atoms with Crippen LogP contribution in [0, 0.1) is 0 Å². The number of aromatic nitrogens is 2. The molecule has 1 aromatic rings. The molecule has 0 aromatic carbocycles. The predicted octanol–water partition coefficient (Wildman–Crippen LogP) is 11.1. The van der Waals surface area contributed by atoms with Crippen LogP contribution in [-0.4, -0.2) is 4.57 Å². The van der Waals surface area contributed by atoms with E-state index >= 15 is 0 Å². The van der Waals surface area contributed by atoms with Gasteiger partial charge in [-0.2, -0.15) is 0 Å². The predicted molar refractivity (Wildman–Crippen MR) is 161 cm³/mol. The fourth-order valence-electron chi connectivity index (χ4n) is 5.59. The molecule has 2 nitrogen and oxygen atoms in total. The lowest BCUT2D eigenvalue weighted by Crippen LogP contribution is -2.37. The van der Waals surface area contributed by atoms with Crippen LogP contribution in [0.25, 0.3) is 0 Å². The molecule has 1 heterocycles. The second-order valence-electron chi connectivity index (χ2n) is 11.6. The molecule has 0 amide bonds. The van der Waals surface area contributed by atoms with Gasteiger partial charge < -0.3 is 0 Å². The summed E-state index contributed by atoms with van der Waals surface area (Å²) in [5.74, 6) is 1.60. The van der Waals surface area contributed by atoms with E-state index in [9.17, 15) is 0 Å². The van der Waals surface area contributed by atoms with Crippen LogP contribution in [0.5, 0.6) is 0 Å². The highest BCUT2D eigenvalue weighted by Gasteiger charge is 2.16. The third kappa shape index (κ3) is 18.5. The smallest absolute Gasteiger partial charge is 0.234 e. The van der Waals surface area contributed by atoms with E-state index in [0.717, 1.165) is 0 Å². The van der Waals surface area contributed by atoms with Crippen LogP contribution in [0.4, 0.5) is 0 Å². The molecule has 0 radical (unpaired) electrons. The molecule has 212 valence electrons. The summed E-state index contributed by atoms with van der Waals surface area (Å²) < 4.78 is 5.16. The minimum atomic E-state index is 1.20. The molecule has 1 rings (SSSR count). The summed E-state index contributed by atoms with van der Waals surface area (Å²) in [5, 5.41) is 0. The van der Waals surface area contributed by atoms with E-state index in [1.807, 2.05) is 0 Å². The van der Waals surface area contributed by atoms with E-state index in [0.29, 0.717) is 0 Å². The number of nitrogens with zero attached hydrogens (tertiary/aromatic N) is 2. The first-order chi connectivity index (χ1) is 17.8. The topological polar surface area (TPSA) is 8.81 Å². The van der Waals surface area contributed by atoms with E-state index in [2.05, 4.69) is 42.3 Å². The van der Waals surface area contributed by atoms with Crippen molar-refractivity contribution in [1.82, 2.24) is 4.57 Å². The Morgan fingerprint density at radius 2 is 0.861 bits per heavy atom. The normalized spacial score (nSPS) is 11.5. The fourth-order valence-corrected chi connectivity index (χ4v) is 5.59. The quantitative estimate of drug-likeness (QED) is 0.0794. The van der Waals surface area contributed by atoms with Crippen molar-refractivity contribution >= 4 is 0 Å². The summed E-state index contributed by atoms with van der Waals surface area (Å²) in [6, 6.07) is 0. The Balaban J connectivity index is 2.08. The third-order valence-corrected chi connectivity index (χ3v) is 8.10. The van der Waals surface area contributed by atoms with Gasteiger partial charge in [-0.25, -0.2) is 9.13 Å². The van der Waals surface area contributed by atoms with Gasteiger partial charge in [-0.3, -0.25) is 0 Å². The molecule has 2 heteroatoms. The van der Waals surface area contributed by atoms with Gasteiger partial charge in [-0.15, -0.1) is 0 Å². The fraction of sp³-hybridized carbons (Fsp3) is 0.912. The summed E-state index contributed by atoms with van der Waals surface area (Å²) in [4.78, 5) is 0. The highest BCUT2D eigenvalue weighted by atomic mass is 15.1. The molecule has 0 spiro atoms. The molecule has 0 saturated heterocycles. The maximum Gasteiger partial charge on any atom is 0.256 e. The highest BCUT2D eigenvalue weighted by Crippen LogP contribution is 2.14. The van der Waals surface area contributed by atoms with Gasteiger partial charge in [0.1, 0.15) is 12.4 Å². The van der Waals surface area contributed by atoms with Gasteiger partial charge in [-0.1, -0.05) is 156 Å². The molecule has 0 aliphatic rings. The zero-order valence-electron chi connectivity index (χ0n) is 25.3. The van der Waals surface area contributed by atoms with Crippen LogP contribution >= 0.6 is 0 Å². The van der Waals surface area contributed by atoms with Crippen molar-refractivity contribution in [2.75, 3.05) is 0 Å². The first-order valence-electron chi connectivity index (χ1n) is 16.9. The number of hydrogen-bond acceptors (Lipinski definition) is 0. The van der Waals surface area contributed by atoms with Gasteiger partial charge in [0.2, 0.25) is 0 Å². The molecule has 0 saturated carbocycles. The number of rotatable bonds is 28. The molecule has 0 atom stereocenters. The summed E-state index contributed by atoms with van der Waals surface area (Å²) in [7, 11) is 0. The second kappa shape index (κ2) is 25.8. The molecule has 0 fully saturated rings. The minimum Gasteiger partial charge on any atom is -0.234 e. The molecule has 0 N–H and O–H groups in total. The van der Waals surface area contributed by atoms with Gasteiger partial charge in [0, 0.05) is 6.42 Å². The van der Waals surface area contributed by atoms with Gasteiger partial charge in [-0.05, 0) is 25.7 Å². The lowest BCUT2D eigenvalue weighted by atomic mass is 10.0. The first-order valence-corrected chi connectivity index (χ1v) is 16.9. The average molecular weight is 504 g/mol. The maximum atomic E-state index is 2.59. The summed E-state index contributed by atoms with van der Waals surface area (Å²) >= 11 is 0. The van der Waals surface area contributed by atoms with Crippen LogP contribution < -0.4 is 4.57 Å². The van der Waals surface area contributed by atoms with Crippen molar-refractivity contribution in [2.45, 2.75) is 201 Å². The molecule has 1 aromatic heterocycles. The van der Waals surface area contributed by atoms with Crippen LogP contribution in [-0.2, 0) is 19.5 Å². The number of imidazole rings is 1. The zero-order valence-corrected chi connectivity index (χ0v) is 25.3. The van der Waals surface area contributed by atoms with Crippen molar-refractivity contribution in [2.24, 2.45) is 0 Å². The molecular weight excluding hydrogens is 436 g/mol. The Morgan fingerprint density at radius 3 is 1.31 bits per heavy atom.